The van der Waals surface area contributed by atoms with Crippen LogP contribution in [0.15, 0.2) is 474 Å². The molecule has 0 unspecified atom stereocenters. The van der Waals surface area contributed by atoms with Crippen LogP contribution in [0.4, 0.5) is 45.5 Å². The summed E-state index contributed by atoms with van der Waals surface area (Å²) in [7, 11) is 2.48. The van der Waals surface area contributed by atoms with Gasteiger partial charge in [-0.25, -0.2) is 0 Å². The monoisotopic (exact) mass is 2080 g/mol. The summed E-state index contributed by atoms with van der Waals surface area (Å²) in [5, 5.41) is 16.5. The van der Waals surface area contributed by atoms with Crippen molar-refractivity contribution < 1.29 is 50.9 Å². The fraction of sp³-hybridized carbons (Fsp3) is 0.0171. The Morgan fingerprint density at radius 1 is 0.389 bits per heavy atom. The standard InChI is InChI=1S/C44H32N2.C36H22N2S.C15H12N2.C12H10N.C10H8NO.2Ir.H2NP/c1-3-17-37(18-4-1)45(43-23-11-15-35-13-7-9-21-41(35)43)39-29-25-33(26-30-39)34-27-31-40(32-28-34)46(38-19-5-2-6-20-38)44-24-12-16-36-14-8-10-22-42(36)44;1-5-13-31-25(9-1)26-10-2-6-14-32(26)37(31)23-17-19-35-29(21-23)30-22-24(18-20-36(30)39-35)38-33-15-7-3-11-27(33)28-12-4-8-16-34(28)38;1-3-7-14(8-4-1)16-11-12-17(13-16)15-9-5-2-6-10-15;1-10-6-5-9-13-12(10)11-7-3-2-4-8-11;1-3-8-4-2-6-11-7-12-9(5-1)10(8)11;;;1-2/h1-32H;1-22H;1-9,11-13H;2-7,9H,1H3;1-6H,7H2;;;1-2H/q;;-2;-1;+1;;;/i/hD. The van der Waals surface area contributed by atoms with Crippen LogP contribution in [0.5, 0.6) is 5.75 Å². The molecule has 10 nitrogen and oxygen atoms in total. The number of aryl methyl sites for hydroxylation is 1. The number of nitrogens with one attached hydrogen (secondary N) is 1. The molecule has 0 fully saturated rings. The molecule has 5 aromatic heterocycles. The molecular weight excluding hydrogens is 1990 g/mol. The second-order valence-electron chi connectivity index (χ2n) is 31.3. The Balaban J connectivity index is 0.000000121. The number of pyridine rings is 2. The zero-order valence-electron chi connectivity index (χ0n) is 72.3. The Hall–Kier alpha value is -15.0. The SMILES string of the molecule is Cc1cccnc1-c1[c-]cccc1.[2H]N=P.[Ir].[Ir].[c-]1ccccc1N1C=CN(c2ccccc2)[CH-]1.c1cc2c3c(c1)ccc[n+]3CO2.c1ccc(N(c2ccc(-c3ccc(N(c4ccccc4)c4cccc5ccccc45)cc3)cc2)c2cccc3ccccc23)cc1.c1ccc2c(c1)c1ccccc1n2-c1ccc2sc3ccc(-n4c5ccccc5c5ccccc54)cc3c2c1. The van der Waals surface area contributed by atoms with Gasteiger partial charge in [0.25, 0.3) is 12.2 Å². The molecule has 2 aliphatic heterocycles. The van der Waals surface area contributed by atoms with Crippen molar-refractivity contribution in [3.8, 4) is 39.5 Å². The Morgan fingerprint density at radius 3 is 1.30 bits per heavy atom. The van der Waals surface area contributed by atoms with Crippen molar-refractivity contribution in [2.45, 2.75) is 13.7 Å². The summed E-state index contributed by atoms with van der Waals surface area (Å²) in [6, 6.07) is 165. The van der Waals surface area contributed by atoms with Gasteiger partial charge >= 0.3 is 0 Å². The molecule has 0 amide bonds. The third-order valence-electron chi connectivity index (χ3n) is 23.6. The summed E-state index contributed by atoms with van der Waals surface area (Å²) in [6.07, 6.45) is 7.91. The van der Waals surface area contributed by atoms with Crippen LogP contribution in [-0.2, 0) is 46.9 Å². The van der Waals surface area contributed by atoms with Crippen molar-refractivity contribution in [3.63, 3.8) is 0 Å². The van der Waals surface area contributed by atoms with Gasteiger partial charge in [-0.05, 0) is 214 Å². The number of anilines is 8. The molecule has 0 saturated heterocycles. The van der Waals surface area contributed by atoms with E-state index in [0.717, 1.165) is 62.5 Å². The van der Waals surface area contributed by atoms with Crippen LogP contribution in [0.1, 0.15) is 5.56 Å². The van der Waals surface area contributed by atoms with Crippen molar-refractivity contribution >= 4 is 162 Å². The minimum absolute atomic E-state index is 0. The van der Waals surface area contributed by atoms with Gasteiger partial charge in [-0.15, -0.1) is 59.6 Å². The first kappa shape index (κ1) is 85.4. The number of hydrogen-bond acceptors (Lipinski definition) is 8. The third kappa shape index (κ3) is 18.0. The number of hydrogen-bond donors (Lipinski definition) is 1. The zero-order valence-corrected chi connectivity index (χ0v) is 77.9. The molecule has 0 aliphatic carbocycles. The minimum Gasteiger partial charge on any atom is -0.500 e. The Labute approximate surface area is 796 Å². The van der Waals surface area contributed by atoms with E-state index in [0.29, 0.717) is 6.73 Å². The van der Waals surface area contributed by atoms with E-state index < -0.39 is 0 Å². The molecule has 636 valence electrons. The van der Waals surface area contributed by atoms with Crippen LogP contribution in [0.2, 0.25) is 1.41 Å². The van der Waals surface area contributed by atoms with Gasteiger partial charge in [-0.2, -0.15) is 34.9 Å². The van der Waals surface area contributed by atoms with Crippen molar-refractivity contribution in [2.24, 2.45) is 0 Å². The normalized spacial score (nSPS) is 11.7. The van der Waals surface area contributed by atoms with Crippen LogP contribution in [0.25, 0.3) is 130 Å². The molecule has 2 aliphatic rings. The summed E-state index contributed by atoms with van der Waals surface area (Å²) in [5.41, 5.74) is 23.2. The van der Waals surface area contributed by atoms with E-state index in [1.54, 1.807) is 0 Å². The molecule has 2 radical (unpaired) electrons. The van der Waals surface area contributed by atoms with Crippen molar-refractivity contribution in [2.75, 3.05) is 19.6 Å². The number of nitrogens with zero attached hydrogens (tertiary/aromatic N) is 8. The predicted molar refractivity (Wildman–Crippen MR) is 543 cm³/mol. The van der Waals surface area contributed by atoms with Gasteiger partial charge in [0.2, 0.25) is 0 Å². The molecule has 23 aromatic rings. The average molecular weight is 2080 g/mol. The molecule has 131 heavy (non-hydrogen) atoms. The van der Waals surface area contributed by atoms with E-state index >= 15 is 0 Å². The van der Waals surface area contributed by atoms with E-state index in [4.69, 9.17) is 6.15 Å². The number of thiophene rings is 1. The number of ether oxygens (including phenoxy) is 1. The first-order chi connectivity index (χ1) is 64.4. The maximum atomic E-state index is 5.75. The van der Waals surface area contributed by atoms with Crippen molar-refractivity contribution in [1.29, 1.82) is 5.15 Å². The smallest absolute Gasteiger partial charge is 0.293 e. The first-order valence-corrected chi connectivity index (χ1v) is 44.3. The van der Waals surface area contributed by atoms with E-state index in [1.807, 2.05) is 139 Å². The van der Waals surface area contributed by atoms with E-state index in [-0.39, 0.29) is 40.2 Å². The Morgan fingerprint density at radius 2 is 0.809 bits per heavy atom. The molecule has 0 atom stereocenters. The number of fused-ring (bicyclic) bond motifs is 11. The van der Waals surface area contributed by atoms with Gasteiger partial charge < -0.3 is 38.5 Å². The summed E-state index contributed by atoms with van der Waals surface area (Å²) in [5.74, 6) is 0.994. The van der Waals surface area contributed by atoms with Gasteiger partial charge in [0, 0.05) is 145 Å². The number of para-hydroxylation sites is 9. The predicted octanol–water partition coefficient (Wildman–Crippen LogP) is 31.5. The van der Waals surface area contributed by atoms with Gasteiger partial charge in [0.15, 0.2) is 13.4 Å². The van der Waals surface area contributed by atoms with Crippen LogP contribution in [0.3, 0.4) is 0 Å². The summed E-state index contributed by atoms with van der Waals surface area (Å²) < 4.78 is 20.8. The third-order valence-corrected chi connectivity index (χ3v) is 24.7. The van der Waals surface area contributed by atoms with Gasteiger partial charge in [-0.3, -0.25) is 5.15 Å². The van der Waals surface area contributed by atoms with E-state index in [9.17, 15) is 0 Å². The van der Waals surface area contributed by atoms with Crippen molar-refractivity contribution in [3.05, 3.63) is 498 Å². The fourth-order valence-electron chi connectivity index (χ4n) is 17.6. The van der Waals surface area contributed by atoms with Crippen LogP contribution in [-0.4, -0.2) is 14.1 Å². The summed E-state index contributed by atoms with van der Waals surface area (Å²) in [4.78, 5) is 13.1. The molecule has 25 rings (SSSR count). The average Bonchev–Trinajstić information content (AvgIpc) is 1.58. The van der Waals surface area contributed by atoms with Gasteiger partial charge in [0.1, 0.15) is 0 Å². The maximum Gasteiger partial charge on any atom is 0.293 e. The summed E-state index contributed by atoms with van der Waals surface area (Å²) in [6.45, 7) is 4.75. The minimum atomic E-state index is 0. The Bertz CT molecular complexity index is 7450. The molecule has 14 heteroatoms. The second-order valence-corrected chi connectivity index (χ2v) is 32.4. The van der Waals surface area contributed by atoms with Crippen molar-refractivity contribution in [1.82, 2.24) is 14.1 Å². The molecule has 0 spiro atoms. The molecule has 0 saturated carbocycles. The molecule has 0 bridgehead atoms. The number of benzene rings is 18. The molecule has 7 heterocycles. The van der Waals surface area contributed by atoms with Crippen LogP contribution >= 0.6 is 20.4 Å². The van der Waals surface area contributed by atoms with Gasteiger partial charge in [-0.1, -0.05) is 242 Å². The fourth-order valence-corrected chi connectivity index (χ4v) is 18.7. The molecule has 1 N–H and O–H groups in total. The summed E-state index contributed by atoms with van der Waals surface area (Å²) >= 11 is 1.87. The van der Waals surface area contributed by atoms with Crippen LogP contribution < -0.4 is 28.9 Å². The van der Waals surface area contributed by atoms with E-state index in [1.165, 1.54) is 124 Å². The maximum absolute atomic E-state index is 5.75. The van der Waals surface area contributed by atoms with Crippen LogP contribution in [0, 0.1) is 30.9 Å². The zero-order chi connectivity index (χ0) is 87.5. The van der Waals surface area contributed by atoms with E-state index in [2.05, 4.69) is 425 Å². The largest absolute Gasteiger partial charge is 0.500 e. The quantitative estimate of drug-likeness (QED) is 0.0747. The number of rotatable bonds is 12. The second kappa shape index (κ2) is 40.1. The molecular formula is C117H86Ir2N9OPS-2. The Kier molecular flexibility index (Phi) is 26.2. The van der Waals surface area contributed by atoms with Gasteiger partial charge in [0.05, 0.1) is 38.8 Å². The molecule has 18 aromatic carbocycles. The first-order valence-electron chi connectivity index (χ1n) is 43.5. The number of aromatic nitrogens is 4. The topological polar surface area (TPSA) is 72.7 Å².